The molecule has 0 radical (unpaired) electrons. The van der Waals surface area contributed by atoms with E-state index in [1.54, 1.807) is 32.0 Å². The maximum absolute atomic E-state index is 15.7. The van der Waals surface area contributed by atoms with E-state index in [1.807, 2.05) is 0 Å². The molecule has 0 fully saturated rings. The summed E-state index contributed by atoms with van der Waals surface area (Å²) in [5.74, 6) is -1.87. The van der Waals surface area contributed by atoms with Crippen molar-refractivity contribution in [2.75, 3.05) is 6.26 Å². The molecule has 39 heavy (non-hydrogen) atoms. The van der Waals surface area contributed by atoms with Crippen LogP contribution >= 0.6 is 0 Å². The summed E-state index contributed by atoms with van der Waals surface area (Å²) in [7, 11) is -3.88. The predicted octanol–water partition coefficient (Wildman–Crippen LogP) is 5.41. The van der Waals surface area contributed by atoms with Crippen molar-refractivity contribution in [1.82, 2.24) is 9.55 Å². The number of benzene rings is 3. The smallest absolute Gasteiger partial charge is 0.176 e. The molecule has 0 bridgehead atoms. The highest BCUT2D eigenvalue weighted by Crippen LogP contribution is 2.37. The minimum Gasteiger partial charge on any atom is -0.392 e. The molecule has 0 atom stereocenters. The number of aliphatic hydroxyl groups is 2. The Morgan fingerprint density at radius 2 is 1.54 bits per heavy atom. The number of rotatable bonds is 7. The van der Waals surface area contributed by atoms with Gasteiger partial charge in [-0.15, -0.1) is 0 Å². The van der Waals surface area contributed by atoms with Crippen LogP contribution in [0.5, 0.6) is 0 Å². The highest BCUT2D eigenvalue weighted by Gasteiger charge is 2.34. The third-order valence-corrected chi connectivity index (χ3v) is 7.85. The van der Waals surface area contributed by atoms with Crippen molar-refractivity contribution < 1.29 is 31.8 Å². The summed E-state index contributed by atoms with van der Waals surface area (Å²) in [4.78, 5) is 4.19. The molecule has 0 aliphatic rings. The Labute approximate surface area is 225 Å². The van der Waals surface area contributed by atoms with Crippen LogP contribution in [0.15, 0.2) is 65.7 Å². The Morgan fingerprint density at radius 3 is 2.10 bits per heavy atom. The number of aromatic nitrogens is 2. The number of nitrogens with zero attached hydrogens (tertiary/aromatic N) is 2. The van der Waals surface area contributed by atoms with Gasteiger partial charge in [-0.05, 0) is 69.2 Å². The van der Waals surface area contributed by atoms with E-state index in [1.165, 1.54) is 48.9 Å². The van der Waals surface area contributed by atoms with Gasteiger partial charge in [0.1, 0.15) is 28.9 Å². The molecule has 206 valence electrons. The molecule has 4 aromatic rings. The molecule has 0 saturated heterocycles. The predicted molar refractivity (Wildman–Crippen MR) is 142 cm³/mol. The lowest BCUT2D eigenvalue weighted by atomic mass is 9.83. The third-order valence-electron chi connectivity index (χ3n) is 6.69. The number of sulfone groups is 1. The number of hydrogen-bond donors (Lipinski definition) is 2. The number of aliphatic hydroxyl groups excluding tert-OH is 1. The zero-order chi connectivity index (χ0) is 28.9. The van der Waals surface area contributed by atoms with E-state index in [9.17, 15) is 27.4 Å². The monoisotopic (exact) mass is 558 g/mol. The van der Waals surface area contributed by atoms with Gasteiger partial charge in [0.25, 0.3) is 0 Å². The quantitative estimate of drug-likeness (QED) is 0.317. The zero-order valence-corrected chi connectivity index (χ0v) is 22.9. The molecular weight excluding hydrogens is 529 g/mol. The van der Waals surface area contributed by atoms with Crippen molar-refractivity contribution in [3.05, 3.63) is 101 Å². The zero-order valence-electron chi connectivity index (χ0n) is 22.1. The maximum Gasteiger partial charge on any atom is 0.176 e. The van der Waals surface area contributed by atoms with Gasteiger partial charge in [-0.25, -0.2) is 26.6 Å². The molecule has 3 aromatic carbocycles. The molecule has 0 saturated carbocycles. The van der Waals surface area contributed by atoms with Gasteiger partial charge in [0.15, 0.2) is 9.84 Å². The topological polar surface area (TPSA) is 92.4 Å². The van der Waals surface area contributed by atoms with Gasteiger partial charge >= 0.3 is 0 Å². The fourth-order valence-corrected chi connectivity index (χ4v) is 5.48. The lowest BCUT2D eigenvalue weighted by Crippen LogP contribution is -2.26. The number of hydrogen-bond acceptors (Lipinski definition) is 5. The molecule has 1 heterocycles. The summed E-state index contributed by atoms with van der Waals surface area (Å²) in [5, 5.41) is 20.1. The van der Waals surface area contributed by atoms with Gasteiger partial charge < -0.3 is 10.2 Å². The normalized spacial score (nSPS) is 12.7. The molecule has 10 heteroatoms. The van der Waals surface area contributed by atoms with Crippen LogP contribution in [-0.4, -0.2) is 34.4 Å². The van der Waals surface area contributed by atoms with Crippen molar-refractivity contribution in [3.8, 4) is 16.8 Å². The summed E-state index contributed by atoms with van der Waals surface area (Å²) in [6.07, 6.45) is 2.38. The van der Waals surface area contributed by atoms with Crippen molar-refractivity contribution in [2.45, 2.75) is 50.2 Å². The van der Waals surface area contributed by atoms with Gasteiger partial charge in [0.2, 0.25) is 0 Å². The van der Waals surface area contributed by atoms with Crippen LogP contribution in [0.25, 0.3) is 16.8 Å². The van der Waals surface area contributed by atoms with Crippen LogP contribution in [0.1, 0.15) is 50.3 Å². The van der Waals surface area contributed by atoms with Gasteiger partial charge in [-0.2, -0.15) is 0 Å². The van der Waals surface area contributed by atoms with Gasteiger partial charge in [0.05, 0.1) is 28.3 Å². The largest absolute Gasteiger partial charge is 0.392 e. The van der Waals surface area contributed by atoms with Crippen LogP contribution in [0.3, 0.4) is 0 Å². The molecule has 0 aliphatic heterocycles. The average Bonchev–Trinajstić information content (AvgIpc) is 3.30. The van der Waals surface area contributed by atoms with E-state index in [2.05, 4.69) is 4.98 Å². The molecule has 6 nitrogen and oxygen atoms in total. The lowest BCUT2D eigenvalue weighted by Gasteiger charge is -2.26. The van der Waals surface area contributed by atoms with Crippen LogP contribution in [0.2, 0.25) is 0 Å². The second-order valence-corrected chi connectivity index (χ2v) is 12.5. The fraction of sp³-hybridized carbons (Fsp3) is 0.276. The second kappa shape index (κ2) is 9.93. The Kier molecular flexibility index (Phi) is 7.26. The first kappa shape index (κ1) is 28.5. The second-order valence-electron chi connectivity index (χ2n) is 10.5. The fourth-order valence-electron chi connectivity index (χ4n) is 4.53. The third kappa shape index (κ3) is 5.36. The average molecular weight is 559 g/mol. The van der Waals surface area contributed by atoms with E-state index in [-0.39, 0.29) is 38.8 Å². The molecule has 0 unspecified atom stereocenters. The molecule has 0 aliphatic carbocycles. The first-order chi connectivity index (χ1) is 18.1. The summed E-state index contributed by atoms with van der Waals surface area (Å²) in [6, 6.07) is 12.4. The summed E-state index contributed by atoms with van der Waals surface area (Å²) in [5.41, 5.74) is -1.89. The number of imidazole rings is 1. The summed E-state index contributed by atoms with van der Waals surface area (Å²) < 4.78 is 71.1. The van der Waals surface area contributed by atoms with Crippen LogP contribution < -0.4 is 0 Å². The Morgan fingerprint density at radius 1 is 0.897 bits per heavy atom. The highest BCUT2D eigenvalue weighted by atomic mass is 32.2. The first-order valence-electron chi connectivity index (χ1n) is 12.1. The van der Waals surface area contributed by atoms with E-state index in [4.69, 9.17) is 0 Å². The number of halogens is 3. The minimum absolute atomic E-state index is 0.0388. The maximum atomic E-state index is 15.7. The van der Waals surface area contributed by atoms with E-state index in [0.717, 1.165) is 18.4 Å². The van der Waals surface area contributed by atoms with Gasteiger partial charge in [-0.1, -0.05) is 24.3 Å². The van der Waals surface area contributed by atoms with Crippen LogP contribution in [-0.2, 0) is 27.5 Å². The minimum atomic E-state index is -3.88. The molecule has 2 N–H and O–H groups in total. The van der Waals surface area contributed by atoms with Crippen molar-refractivity contribution >= 4 is 9.84 Å². The molecule has 4 rings (SSSR count). The Hall–Kier alpha value is -3.47. The molecular formula is C29H29F3N2O4S. The SMILES string of the molecule is CC(C)(O)c1cn(-c2ccc(-c3cc(F)c(CO)c(S(C)(=O)=O)c3)cc2F)c(C(C)(C)c2ccccc2F)n1. The summed E-state index contributed by atoms with van der Waals surface area (Å²) in [6.45, 7) is 5.73. The van der Waals surface area contributed by atoms with E-state index >= 15 is 4.39 Å². The molecule has 0 spiro atoms. The van der Waals surface area contributed by atoms with Gasteiger partial charge in [-0.3, -0.25) is 4.57 Å². The molecule has 1 aromatic heterocycles. The molecule has 0 amide bonds. The highest BCUT2D eigenvalue weighted by molar-refractivity contribution is 7.90. The van der Waals surface area contributed by atoms with E-state index < -0.39 is 44.9 Å². The van der Waals surface area contributed by atoms with Crippen LogP contribution in [0, 0.1) is 17.5 Å². The van der Waals surface area contributed by atoms with Crippen molar-refractivity contribution in [1.29, 1.82) is 0 Å². The van der Waals surface area contributed by atoms with Gasteiger partial charge in [0, 0.05) is 23.6 Å². The van der Waals surface area contributed by atoms with E-state index in [0.29, 0.717) is 5.56 Å². The Bertz CT molecular complexity index is 1670. The first-order valence-corrected chi connectivity index (χ1v) is 14.0. The van der Waals surface area contributed by atoms with Crippen LogP contribution in [0.4, 0.5) is 13.2 Å². The summed E-state index contributed by atoms with van der Waals surface area (Å²) >= 11 is 0. The van der Waals surface area contributed by atoms with Crippen molar-refractivity contribution in [3.63, 3.8) is 0 Å². The van der Waals surface area contributed by atoms with Crippen molar-refractivity contribution in [2.24, 2.45) is 0 Å². The lowest BCUT2D eigenvalue weighted by molar-refractivity contribution is 0.0740. The Balaban J connectivity index is 1.90. The standard InChI is InChI=1S/C29H29F3N2O4S/c1-28(2,20-8-6-7-9-21(20)30)27-33-26(29(3,4)36)15-34(27)24-11-10-17(12-23(24)32)18-13-22(31)19(16-35)25(14-18)39(5,37)38/h6-15,35-36H,16H2,1-5H3.